The van der Waals surface area contributed by atoms with Crippen LogP contribution in [-0.2, 0) is 4.84 Å². The molecule has 2 rings (SSSR count). The van der Waals surface area contributed by atoms with Gasteiger partial charge in [-0.3, -0.25) is 10.0 Å². The SMILES string of the molecule is CCN1CCN(c2c(C(=O)NO)cccc2[N+](=O)OC)CC1. The zero-order valence-corrected chi connectivity index (χ0v) is 12.8. The van der Waals surface area contributed by atoms with E-state index in [-0.39, 0.29) is 11.3 Å². The van der Waals surface area contributed by atoms with Crippen molar-refractivity contribution in [2.45, 2.75) is 6.92 Å². The summed E-state index contributed by atoms with van der Waals surface area (Å²) in [5.74, 6) is -0.653. The Balaban J connectivity index is 2.42. The predicted octanol–water partition coefficient (Wildman–Crippen LogP) is 0.919. The highest BCUT2D eigenvalue weighted by atomic mass is 16.8. The second-order valence-corrected chi connectivity index (χ2v) is 4.98. The zero-order chi connectivity index (χ0) is 16.1. The van der Waals surface area contributed by atoms with Crippen LogP contribution in [0, 0.1) is 4.91 Å². The van der Waals surface area contributed by atoms with Gasteiger partial charge in [0.25, 0.3) is 10.8 Å². The first-order valence-electron chi connectivity index (χ1n) is 7.18. The van der Waals surface area contributed by atoms with Crippen molar-refractivity contribution in [3.8, 4) is 0 Å². The van der Waals surface area contributed by atoms with Crippen LogP contribution < -0.4 is 10.4 Å². The fraction of sp³-hybridized carbons (Fsp3) is 0.500. The van der Waals surface area contributed by atoms with Crippen molar-refractivity contribution in [3.63, 3.8) is 0 Å². The van der Waals surface area contributed by atoms with E-state index in [0.29, 0.717) is 23.7 Å². The Morgan fingerprint density at radius 1 is 1.36 bits per heavy atom. The van der Waals surface area contributed by atoms with Crippen molar-refractivity contribution < 1.29 is 19.8 Å². The topological polar surface area (TPSA) is 85.1 Å². The molecule has 8 heteroatoms. The first kappa shape index (κ1) is 16.2. The molecule has 0 aromatic heterocycles. The molecule has 8 nitrogen and oxygen atoms in total. The number of hydrogen-bond acceptors (Lipinski definition) is 6. The molecule has 120 valence electrons. The summed E-state index contributed by atoms with van der Waals surface area (Å²) in [6.07, 6.45) is 0. The van der Waals surface area contributed by atoms with E-state index in [1.54, 1.807) is 23.7 Å². The average molecular weight is 309 g/mol. The summed E-state index contributed by atoms with van der Waals surface area (Å²) in [4.78, 5) is 33.2. The summed E-state index contributed by atoms with van der Waals surface area (Å²) >= 11 is 0. The van der Waals surface area contributed by atoms with E-state index in [2.05, 4.69) is 11.8 Å². The number of amides is 1. The van der Waals surface area contributed by atoms with Gasteiger partial charge in [0, 0.05) is 32.2 Å². The average Bonchev–Trinajstić information content (AvgIpc) is 2.59. The second kappa shape index (κ2) is 7.19. The summed E-state index contributed by atoms with van der Waals surface area (Å²) in [6, 6.07) is 4.74. The van der Waals surface area contributed by atoms with Gasteiger partial charge < -0.3 is 9.80 Å². The molecule has 0 unspecified atom stereocenters. The molecule has 0 spiro atoms. The van der Waals surface area contributed by atoms with Gasteiger partial charge in [-0.15, -0.1) is 0 Å². The molecule has 1 aliphatic heterocycles. The van der Waals surface area contributed by atoms with Crippen molar-refractivity contribution >= 4 is 17.3 Å². The highest BCUT2D eigenvalue weighted by Crippen LogP contribution is 2.33. The highest BCUT2D eigenvalue weighted by molar-refractivity contribution is 6.01. The molecule has 1 aromatic rings. The minimum atomic E-state index is -0.653. The number of nitrogens with zero attached hydrogens (tertiary/aromatic N) is 3. The molecular formula is C14H21N4O4+. The Morgan fingerprint density at radius 3 is 2.59 bits per heavy atom. The molecule has 1 amide bonds. The maximum Gasteiger partial charge on any atom is 0.340 e. The van der Waals surface area contributed by atoms with Crippen LogP contribution in [0.5, 0.6) is 0 Å². The van der Waals surface area contributed by atoms with Crippen molar-refractivity contribution in [3.05, 3.63) is 28.7 Å². The lowest BCUT2D eigenvalue weighted by Crippen LogP contribution is -2.47. The Kier molecular flexibility index (Phi) is 5.29. The summed E-state index contributed by atoms with van der Waals surface area (Å²) < 4.78 is 0. The summed E-state index contributed by atoms with van der Waals surface area (Å²) in [5, 5.41) is 8.93. The van der Waals surface area contributed by atoms with Crippen molar-refractivity contribution in [2.24, 2.45) is 0 Å². The summed E-state index contributed by atoms with van der Waals surface area (Å²) in [6.45, 7) is 6.12. The minimum absolute atomic E-state index is 0.239. The number of carbonyl (C=O) groups is 1. The van der Waals surface area contributed by atoms with Crippen molar-refractivity contribution in [2.75, 3.05) is 44.7 Å². The van der Waals surface area contributed by atoms with E-state index in [9.17, 15) is 9.70 Å². The lowest BCUT2D eigenvalue weighted by atomic mass is 10.1. The van der Waals surface area contributed by atoms with Crippen molar-refractivity contribution in [1.29, 1.82) is 0 Å². The molecular weight excluding hydrogens is 288 g/mol. The molecule has 0 atom stereocenters. The van der Waals surface area contributed by atoms with Gasteiger partial charge in [-0.2, -0.15) is 0 Å². The van der Waals surface area contributed by atoms with Crippen LogP contribution in [0.2, 0.25) is 0 Å². The normalized spacial score (nSPS) is 15.5. The van der Waals surface area contributed by atoms with Gasteiger partial charge in [-0.05, 0) is 12.6 Å². The quantitative estimate of drug-likeness (QED) is 0.621. The van der Waals surface area contributed by atoms with Gasteiger partial charge in [0.15, 0.2) is 7.11 Å². The first-order chi connectivity index (χ1) is 10.6. The summed E-state index contributed by atoms with van der Waals surface area (Å²) in [7, 11) is 1.27. The van der Waals surface area contributed by atoms with E-state index >= 15 is 0 Å². The fourth-order valence-electron chi connectivity index (χ4n) is 2.64. The van der Waals surface area contributed by atoms with Gasteiger partial charge in [0.1, 0.15) is 5.69 Å². The van der Waals surface area contributed by atoms with Crippen LogP contribution in [0.25, 0.3) is 0 Å². The molecule has 0 aliphatic carbocycles. The maximum atomic E-state index is 11.9. The van der Waals surface area contributed by atoms with Crippen LogP contribution in [0.3, 0.4) is 0 Å². The van der Waals surface area contributed by atoms with Gasteiger partial charge in [-0.1, -0.05) is 13.0 Å². The Labute approximate surface area is 128 Å². The van der Waals surface area contributed by atoms with Gasteiger partial charge in [-0.25, -0.2) is 10.3 Å². The first-order valence-corrected chi connectivity index (χ1v) is 7.18. The van der Waals surface area contributed by atoms with Crippen LogP contribution in [-0.4, -0.2) is 60.8 Å². The number of rotatable bonds is 5. The monoisotopic (exact) mass is 309 g/mol. The van der Waals surface area contributed by atoms with Crippen LogP contribution in [0.1, 0.15) is 17.3 Å². The molecule has 1 saturated heterocycles. The highest BCUT2D eigenvalue weighted by Gasteiger charge is 2.31. The standard InChI is InChI=1S/C14H20N4O4/c1-3-16-7-9-17(10-8-16)13-11(14(19)15-20)5-4-6-12(13)18(21)22-2/h4-6H,3,7-10H2,1-2H3,(H-,15,19,20)/p+1. The third-order valence-electron chi connectivity index (χ3n) is 3.86. The van der Waals surface area contributed by atoms with E-state index in [4.69, 9.17) is 10.0 Å². The number of nitrogens with one attached hydrogen (secondary N) is 1. The Hall–Kier alpha value is -2.19. The maximum absolute atomic E-state index is 11.9. The summed E-state index contributed by atoms with van der Waals surface area (Å²) in [5.41, 5.74) is 2.58. The molecule has 0 saturated carbocycles. The number of benzene rings is 1. The molecule has 1 aromatic carbocycles. The van der Waals surface area contributed by atoms with Crippen LogP contribution in [0.4, 0.5) is 11.4 Å². The van der Waals surface area contributed by atoms with E-state index < -0.39 is 5.91 Å². The molecule has 22 heavy (non-hydrogen) atoms. The number of hydroxylamine groups is 1. The number of likely N-dealkylation sites (N-methyl/N-ethyl adjacent to an activating group) is 1. The van der Waals surface area contributed by atoms with E-state index in [1.165, 1.54) is 7.11 Å². The van der Waals surface area contributed by atoms with Gasteiger partial charge >= 0.3 is 5.69 Å². The Morgan fingerprint density at radius 2 is 2.05 bits per heavy atom. The molecule has 1 fully saturated rings. The predicted molar refractivity (Wildman–Crippen MR) is 80.3 cm³/mol. The molecule has 1 aliphatic rings. The second-order valence-electron chi connectivity index (χ2n) is 4.98. The molecule has 0 radical (unpaired) electrons. The van der Waals surface area contributed by atoms with E-state index in [0.717, 1.165) is 19.6 Å². The molecule has 2 N–H and O–H groups in total. The lowest BCUT2D eigenvalue weighted by molar-refractivity contribution is -0.736. The number of carbonyl (C=O) groups excluding carboxylic acids is 1. The number of para-hydroxylation sites is 1. The third-order valence-corrected chi connectivity index (χ3v) is 3.86. The van der Waals surface area contributed by atoms with E-state index in [1.807, 2.05) is 4.90 Å². The van der Waals surface area contributed by atoms with Gasteiger partial charge in [0.2, 0.25) is 0 Å². The zero-order valence-electron chi connectivity index (χ0n) is 12.8. The van der Waals surface area contributed by atoms with Crippen LogP contribution >= 0.6 is 0 Å². The number of hydrogen-bond donors (Lipinski definition) is 2. The Bertz CT molecular complexity index is 522. The number of anilines is 1. The minimum Gasteiger partial charge on any atom is -0.363 e. The smallest absolute Gasteiger partial charge is 0.340 e. The van der Waals surface area contributed by atoms with Crippen molar-refractivity contribution in [1.82, 2.24) is 10.4 Å². The van der Waals surface area contributed by atoms with Gasteiger partial charge in [0.05, 0.1) is 10.5 Å². The third kappa shape index (κ3) is 3.18. The number of piperazine rings is 1. The fourth-order valence-corrected chi connectivity index (χ4v) is 2.64. The van der Waals surface area contributed by atoms with Crippen LogP contribution in [0.15, 0.2) is 18.2 Å². The molecule has 0 bridgehead atoms. The lowest BCUT2D eigenvalue weighted by Gasteiger charge is -2.35. The molecule has 1 heterocycles. The largest absolute Gasteiger partial charge is 0.363 e.